The molecular weight excluding hydrogens is 376 g/mol. The van der Waals surface area contributed by atoms with Gasteiger partial charge in [-0.05, 0) is 23.9 Å². The number of hydrogen-bond acceptors (Lipinski definition) is 6. The molecule has 3 N–H and O–H groups in total. The quantitative estimate of drug-likeness (QED) is 0.616. The van der Waals surface area contributed by atoms with Crippen LogP contribution in [-0.2, 0) is 14.1 Å². The van der Waals surface area contributed by atoms with Crippen molar-refractivity contribution in [3.63, 3.8) is 0 Å². The summed E-state index contributed by atoms with van der Waals surface area (Å²) in [4.78, 5) is 38.6. The highest BCUT2D eigenvalue weighted by molar-refractivity contribution is 7.10. The maximum Gasteiger partial charge on any atom is 0.332 e. The number of carbonyl (C=O) groups excluding carboxylic acids is 1. The van der Waals surface area contributed by atoms with Gasteiger partial charge < -0.3 is 5.73 Å². The van der Waals surface area contributed by atoms with Crippen LogP contribution in [0.1, 0.15) is 33.8 Å². The van der Waals surface area contributed by atoms with Gasteiger partial charge in [-0.25, -0.2) is 4.79 Å². The Bertz CT molecular complexity index is 1100. The first-order chi connectivity index (χ1) is 13.3. The number of nitrogen functional groups attached to an aromatic ring is 1. The lowest BCUT2D eigenvalue weighted by molar-refractivity contribution is 0.0945. The Morgan fingerprint density at radius 1 is 1.07 bits per heavy atom. The first-order valence-corrected chi connectivity index (χ1v) is 9.65. The van der Waals surface area contributed by atoms with Crippen LogP contribution in [0.3, 0.4) is 0 Å². The Morgan fingerprint density at radius 3 is 2.36 bits per heavy atom. The molecule has 7 nitrogen and oxygen atoms in total. The number of benzene rings is 1. The zero-order valence-electron chi connectivity index (χ0n) is 15.9. The lowest BCUT2D eigenvalue weighted by Gasteiger charge is -2.23. The van der Waals surface area contributed by atoms with E-state index in [0.717, 1.165) is 19.6 Å². The van der Waals surface area contributed by atoms with Crippen LogP contribution in [0.4, 0.5) is 5.82 Å². The summed E-state index contributed by atoms with van der Waals surface area (Å²) < 4.78 is 2.00. The number of rotatable bonds is 6. The molecule has 3 aromatic rings. The van der Waals surface area contributed by atoms with Crippen LogP contribution in [0.15, 0.2) is 57.4 Å². The fourth-order valence-corrected chi connectivity index (χ4v) is 3.89. The molecule has 146 valence electrons. The maximum absolute atomic E-state index is 13.1. The number of anilines is 1. The van der Waals surface area contributed by atoms with Gasteiger partial charge in [0.1, 0.15) is 11.4 Å². The molecule has 1 aromatic carbocycles. The second-order valence-corrected chi connectivity index (χ2v) is 7.56. The summed E-state index contributed by atoms with van der Waals surface area (Å²) in [6, 6.07) is 12.8. The molecule has 2 heterocycles. The van der Waals surface area contributed by atoms with Crippen molar-refractivity contribution in [2.24, 2.45) is 14.1 Å². The summed E-state index contributed by atoms with van der Waals surface area (Å²) in [6.45, 7) is 1.69. The molecule has 2 aromatic heterocycles. The molecule has 0 aliphatic heterocycles. The van der Waals surface area contributed by atoms with Gasteiger partial charge in [-0.15, -0.1) is 11.3 Å². The minimum atomic E-state index is -0.695. The molecule has 0 bridgehead atoms. The zero-order valence-corrected chi connectivity index (χ0v) is 16.7. The molecule has 0 radical (unpaired) electrons. The van der Waals surface area contributed by atoms with Crippen molar-refractivity contribution in [1.29, 1.82) is 0 Å². The number of hydrogen-bond donors (Lipinski definition) is 2. The fourth-order valence-electron chi connectivity index (χ4n) is 3.08. The summed E-state index contributed by atoms with van der Waals surface area (Å²) in [5.74, 6) is -0.578. The number of aromatic nitrogens is 2. The van der Waals surface area contributed by atoms with E-state index < -0.39 is 23.1 Å². The third kappa shape index (κ3) is 3.56. The minimum absolute atomic E-state index is 0.126. The summed E-state index contributed by atoms with van der Waals surface area (Å²) in [5, 5.41) is 5.28. The average molecular weight is 398 g/mol. The molecule has 0 spiro atoms. The Kier molecular flexibility index (Phi) is 5.62. The van der Waals surface area contributed by atoms with Crippen LogP contribution in [0.25, 0.3) is 0 Å². The van der Waals surface area contributed by atoms with Crippen LogP contribution in [0, 0.1) is 0 Å². The van der Waals surface area contributed by atoms with Crippen LogP contribution in [0.2, 0.25) is 0 Å². The number of thiophene rings is 1. The lowest BCUT2D eigenvalue weighted by Crippen LogP contribution is -2.45. The van der Waals surface area contributed by atoms with E-state index in [-0.39, 0.29) is 17.4 Å². The van der Waals surface area contributed by atoms with Crippen molar-refractivity contribution in [3.05, 3.63) is 84.7 Å². The average Bonchev–Trinajstić information content (AvgIpc) is 3.24. The van der Waals surface area contributed by atoms with Crippen molar-refractivity contribution >= 4 is 22.9 Å². The molecule has 28 heavy (non-hydrogen) atoms. The summed E-state index contributed by atoms with van der Waals surface area (Å²) in [6.07, 6.45) is 0. The van der Waals surface area contributed by atoms with Gasteiger partial charge >= 0.3 is 5.69 Å². The Labute approximate surface area is 166 Å². The molecule has 0 amide bonds. The van der Waals surface area contributed by atoms with Gasteiger partial charge in [0.05, 0.1) is 12.1 Å². The van der Waals surface area contributed by atoms with Gasteiger partial charge in [0.25, 0.3) is 5.56 Å². The molecule has 0 saturated heterocycles. The fraction of sp³-hybridized carbons (Fsp3) is 0.250. The van der Waals surface area contributed by atoms with E-state index >= 15 is 0 Å². The second kappa shape index (κ2) is 7.95. The van der Waals surface area contributed by atoms with Gasteiger partial charge in [0.2, 0.25) is 0 Å². The Hall–Kier alpha value is -2.97. The molecule has 0 saturated carbocycles. The molecular formula is C20H22N4O3S. The second-order valence-electron chi connectivity index (χ2n) is 6.58. The number of ketones is 1. The smallest absolute Gasteiger partial charge is 0.332 e. The molecule has 2 atom stereocenters. The van der Waals surface area contributed by atoms with Crippen molar-refractivity contribution in [1.82, 2.24) is 14.5 Å². The highest BCUT2D eigenvalue weighted by Crippen LogP contribution is 2.26. The van der Waals surface area contributed by atoms with Crippen LogP contribution < -0.4 is 22.3 Å². The topological polar surface area (TPSA) is 99.1 Å². The third-order valence-electron chi connectivity index (χ3n) is 4.73. The van der Waals surface area contributed by atoms with Crippen LogP contribution in [-0.4, -0.2) is 21.0 Å². The number of nitrogens with zero attached hydrogens (tertiary/aromatic N) is 2. The Balaban J connectivity index is 1.98. The van der Waals surface area contributed by atoms with Crippen LogP contribution in [0.5, 0.6) is 0 Å². The number of carbonyl (C=O) groups is 1. The monoisotopic (exact) mass is 398 g/mol. The largest absolute Gasteiger partial charge is 0.384 e. The highest BCUT2D eigenvalue weighted by Gasteiger charge is 2.27. The SMILES string of the molecule is C[C@@H](N[C@H](c1ccccc1)c1cccs1)C(=O)c1c(N)n(C)c(=O)n(C)c1=O. The predicted molar refractivity (Wildman–Crippen MR) is 111 cm³/mol. The van der Waals surface area contributed by atoms with E-state index in [1.54, 1.807) is 18.3 Å². The van der Waals surface area contributed by atoms with Crippen LogP contribution >= 0.6 is 11.3 Å². The molecule has 0 unspecified atom stereocenters. The summed E-state index contributed by atoms with van der Waals surface area (Å²) in [7, 11) is 2.77. The molecule has 0 fully saturated rings. The van der Waals surface area contributed by atoms with E-state index in [4.69, 9.17) is 5.73 Å². The van der Waals surface area contributed by atoms with E-state index in [1.165, 1.54) is 14.1 Å². The molecule has 8 heteroatoms. The zero-order chi connectivity index (χ0) is 20.4. The molecule has 0 aliphatic carbocycles. The normalized spacial score (nSPS) is 13.2. The molecule has 0 aliphatic rings. The maximum atomic E-state index is 13.1. The van der Waals surface area contributed by atoms with E-state index in [2.05, 4.69) is 5.32 Å². The first-order valence-electron chi connectivity index (χ1n) is 8.77. The standard InChI is InChI=1S/C20H22N4O3S/c1-12(17(25)15-18(21)23(2)20(27)24(3)19(15)26)22-16(14-10-7-11-28-14)13-8-5-4-6-9-13/h4-12,16,22H,21H2,1-3H3/t12-,16-/m1/s1. The number of Topliss-reactive ketones (excluding diaryl/α,β-unsaturated/α-hetero) is 1. The van der Waals surface area contributed by atoms with Gasteiger partial charge in [-0.1, -0.05) is 36.4 Å². The van der Waals surface area contributed by atoms with Crippen molar-refractivity contribution < 1.29 is 4.79 Å². The van der Waals surface area contributed by atoms with Crippen molar-refractivity contribution in [3.8, 4) is 0 Å². The van der Waals surface area contributed by atoms with Gasteiger partial charge in [0.15, 0.2) is 5.78 Å². The van der Waals surface area contributed by atoms with Crippen molar-refractivity contribution in [2.75, 3.05) is 5.73 Å². The summed E-state index contributed by atoms with van der Waals surface area (Å²) >= 11 is 1.58. The summed E-state index contributed by atoms with van der Waals surface area (Å²) in [5.41, 5.74) is 5.50. The van der Waals surface area contributed by atoms with Gasteiger partial charge in [-0.3, -0.25) is 24.0 Å². The predicted octanol–water partition coefficient (Wildman–Crippen LogP) is 1.68. The molecule has 3 rings (SSSR count). The Morgan fingerprint density at radius 2 is 1.75 bits per heavy atom. The van der Waals surface area contributed by atoms with E-state index in [1.807, 2.05) is 47.8 Å². The highest BCUT2D eigenvalue weighted by atomic mass is 32.1. The third-order valence-corrected chi connectivity index (χ3v) is 5.66. The van der Waals surface area contributed by atoms with E-state index in [0.29, 0.717) is 0 Å². The first kappa shape index (κ1) is 19.8. The number of nitrogens with one attached hydrogen (secondary N) is 1. The lowest BCUT2D eigenvalue weighted by atomic mass is 10.0. The van der Waals surface area contributed by atoms with Gasteiger partial charge in [-0.2, -0.15) is 0 Å². The van der Waals surface area contributed by atoms with E-state index in [9.17, 15) is 14.4 Å². The van der Waals surface area contributed by atoms with Crippen molar-refractivity contribution in [2.45, 2.75) is 19.0 Å². The van der Waals surface area contributed by atoms with Gasteiger partial charge in [0, 0.05) is 19.0 Å². The number of nitrogens with two attached hydrogens (primary N) is 1. The minimum Gasteiger partial charge on any atom is -0.384 e.